The summed E-state index contributed by atoms with van der Waals surface area (Å²) in [6, 6.07) is 5.56. The Morgan fingerprint density at radius 1 is 1.34 bits per heavy atom. The molecule has 7 heteroatoms. The van der Waals surface area contributed by atoms with Gasteiger partial charge >= 0.3 is 0 Å². The van der Waals surface area contributed by atoms with E-state index in [2.05, 4.69) is 5.10 Å². The molecule has 0 spiro atoms. The summed E-state index contributed by atoms with van der Waals surface area (Å²) in [5.41, 5.74) is 4.94. The Kier molecular flexibility index (Phi) is 5.17. The number of hydrogen-bond donors (Lipinski definition) is 0. The number of aryl methyl sites for hydroxylation is 2. The van der Waals surface area contributed by atoms with Gasteiger partial charge in [0.25, 0.3) is 11.8 Å². The van der Waals surface area contributed by atoms with E-state index in [1.54, 1.807) is 18.0 Å². The third kappa shape index (κ3) is 3.55. The lowest BCUT2D eigenvalue weighted by Crippen LogP contribution is -2.33. The van der Waals surface area contributed by atoms with Crippen LogP contribution in [0, 0.1) is 13.8 Å². The lowest BCUT2D eigenvalue weighted by molar-refractivity contribution is 0.0542. The number of benzene rings is 1. The standard InChI is InChI=1S/C22H28N4O3/c1-14-19(15(2)25(4)23-14)13-24(3)21(27)18-9-5-7-16-11-26(22(28)20(16)18)12-17-8-6-10-29-17/h5,7,9,17H,6,8,10-13H2,1-4H3. The molecule has 2 aliphatic heterocycles. The summed E-state index contributed by atoms with van der Waals surface area (Å²) in [6.07, 6.45) is 2.13. The van der Waals surface area contributed by atoms with Crippen LogP contribution >= 0.6 is 0 Å². The van der Waals surface area contributed by atoms with Gasteiger partial charge < -0.3 is 14.5 Å². The summed E-state index contributed by atoms with van der Waals surface area (Å²) < 4.78 is 7.52. The SMILES string of the molecule is Cc1nn(C)c(C)c1CN(C)C(=O)c1cccc2c1C(=O)N(CC1CCCO1)C2. The number of amides is 2. The van der Waals surface area contributed by atoms with Gasteiger partial charge in [-0.2, -0.15) is 5.10 Å². The lowest BCUT2D eigenvalue weighted by atomic mass is 10.0. The van der Waals surface area contributed by atoms with Gasteiger partial charge in [-0.1, -0.05) is 12.1 Å². The highest BCUT2D eigenvalue weighted by molar-refractivity contribution is 6.09. The minimum absolute atomic E-state index is 0.0680. The van der Waals surface area contributed by atoms with Crippen LogP contribution in [0.25, 0.3) is 0 Å². The zero-order chi connectivity index (χ0) is 20.7. The van der Waals surface area contributed by atoms with Crippen LogP contribution in [-0.4, -0.2) is 57.7 Å². The van der Waals surface area contributed by atoms with Crippen LogP contribution in [0.3, 0.4) is 0 Å². The van der Waals surface area contributed by atoms with E-state index in [1.165, 1.54) is 0 Å². The Morgan fingerprint density at radius 2 is 2.14 bits per heavy atom. The van der Waals surface area contributed by atoms with Gasteiger partial charge in [-0.25, -0.2) is 0 Å². The van der Waals surface area contributed by atoms with Gasteiger partial charge in [-0.05, 0) is 38.3 Å². The Morgan fingerprint density at radius 3 is 2.79 bits per heavy atom. The average Bonchev–Trinajstić information content (AvgIpc) is 3.38. The van der Waals surface area contributed by atoms with Crippen molar-refractivity contribution in [3.05, 3.63) is 51.8 Å². The van der Waals surface area contributed by atoms with Gasteiger partial charge in [0.2, 0.25) is 0 Å². The summed E-state index contributed by atoms with van der Waals surface area (Å²) in [4.78, 5) is 29.8. The monoisotopic (exact) mass is 396 g/mol. The quantitative estimate of drug-likeness (QED) is 0.779. The van der Waals surface area contributed by atoms with Crippen molar-refractivity contribution < 1.29 is 14.3 Å². The normalized spacial score (nSPS) is 18.4. The fraction of sp³-hybridized carbons (Fsp3) is 0.500. The largest absolute Gasteiger partial charge is 0.376 e. The molecule has 1 aromatic carbocycles. The molecule has 0 aliphatic carbocycles. The van der Waals surface area contributed by atoms with Crippen LogP contribution in [0.2, 0.25) is 0 Å². The highest BCUT2D eigenvalue weighted by Gasteiger charge is 2.34. The summed E-state index contributed by atoms with van der Waals surface area (Å²) in [7, 11) is 3.68. The third-order valence-corrected chi connectivity index (χ3v) is 6.09. The second kappa shape index (κ2) is 7.63. The second-order valence-corrected chi connectivity index (χ2v) is 8.09. The van der Waals surface area contributed by atoms with Gasteiger partial charge in [0.1, 0.15) is 0 Å². The van der Waals surface area contributed by atoms with Crippen molar-refractivity contribution >= 4 is 11.8 Å². The first-order chi connectivity index (χ1) is 13.9. The number of carbonyl (C=O) groups is 2. The number of carbonyl (C=O) groups excluding carboxylic acids is 2. The fourth-order valence-corrected chi connectivity index (χ4v) is 4.34. The molecular formula is C22H28N4O3. The van der Waals surface area contributed by atoms with Crippen LogP contribution in [0.1, 0.15) is 56.1 Å². The van der Waals surface area contributed by atoms with E-state index in [-0.39, 0.29) is 17.9 Å². The van der Waals surface area contributed by atoms with Crippen molar-refractivity contribution in [3.8, 4) is 0 Å². The number of aromatic nitrogens is 2. The highest BCUT2D eigenvalue weighted by Crippen LogP contribution is 2.28. The zero-order valence-electron chi connectivity index (χ0n) is 17.6. The smallest absolute Gasteiger partial charge is 0.255 e. The van der Waals surface area contributed by atoms with Crippen molar-refractivity contribution in [2.24, 2.45) is 7.05 Å². The maximum absolute atomic E-state index is 13.2. The van der Waals surface area contributed by atoms with E-state index in [4.69, 9.17) is 4.74 Å². The van der Waals surface area contributed by atoms with Crippen molar-refractivity contribution in [2.75, 3.05) is 20.2 Å². The molecule has 0 bridgehead atoms. The number of nitrogens with zero attached hydrogens (tertiary/aromatic N) is 4. The molecule has 1 fully saturated rings. The first-order valence-corrected chi connectivity index (χ1v) is 10.1. The van der Waals surface area contributed by atoms with Gasteiger partial charge in [0.15, 0.2) is 0 Å². The molecule has 2 amide bonds. The summed E-state index contributed by atoms with van der Waals surface area (Å²) in [6.45, 7) is 6.31. The molecule has 0 N–H and O–H groups in total. The van der Waals surface area contributed by atoms with Crippen LogP contribution in [-0.2, 0) is 24.9 Å². The number of fused-ring (bicyclic) bond motifs is 1. The van der Waals surface area contributed by atoms with E-state index >= 15 is 0 Å². The number of hydrogen-bond acceptors (Lipinski definition) is 4. The molecule has 7 nitrogen and oxygen atoms in total. The molecule has 2 aromatic rings. The van der Waals surface area contributed by atoms with Crippen molar-refractivity contribution in [3.63, 3.8) is 0 Å². The minimum Gasteiger partial charge on any atom is -0.376 e. The molecule has 1 saturated heterocycles. The summed E-state index contributed by atoms with van der Waals surface area (Å²) in [5, 5.41) is 4.43. The summed E-state index contributed by atoms with van der Waals surface area (Å²) in [5.74, 6) is -0.210. The van der Waals surface area contributed by atoms with Gasteiger partial charge in [-0.15, -0.1) is 0 Å². The lowest BCUT2D eigenvalue weighted by Gasteiger charge is -2.20. The second-order valence-electron chi connectivity index (χ2n) is 8.09. The third-order valence-electron chi connectivity index (χ3n) is 6.09. The van der Waals surface area contributed by atoms with Gasteiger partial charge in [-0.3, -0.25) is 14.3 Å². The minimum atomic E-state index is -0.142. The van der Waals surface area contributed by atoms with E-state index in [0.29, 0.717) is 30.8 Å². The molecule has 0 saturated carbocycles. The molecule has 4 rings (SSSR count). The predicted molar refractivity (Wildman–Crippen MR) is 109 cm³/mol. The van der Waals surface area contributed by atoms with Gasteiger partial charge in [0, 0.05) is 51.6 Å². The topological polar surface area (TPSA) is 67.7 Å². The van der Waals surface area contributed by atoms with Crippen LogP contribution in [0.5, 0.6) is 0 Å². The zero-order valence-corrected chi connectivity index (χ0v) is 17.6. The fourth-order valence-electron chi connectivity index (χ4n) is 4.34. The number of ether oxygens (including phenoxy) is 1. The molecule has 29 heavy (non-hydrogen) atoms. The van der Waals surface area contributed by atoms with Crippen molar-refractivity contribution in [1.29, 1.82) is 0 Å². The molecule has 3 heterocycles. The molecule has 0 radical (unpaired) electrons. The Bertz CT molecular complexity index is 959. The van der Waals surface area contributed by atoms with Crippen molar-refractivity contribution in [1.82, 2.24) is 19.6 Å². The molecule has 2 aliphatic rings. The summed E-state index contributed by atoms with van der Waals surface area (Å²) >= 11 is 0. The maximum Gasteiger partial charge on any atom is 0.255 e. The van der Waals surface area contributed by atoms with E-state index in [0.717, 1.165) is 42.0 Å². The molecule has 154 valence electrons. The Hall–Kier alpha value is -2.67. The Labute approximate surface area is 171 Å². The van der Waals surface area contributed by atoms with Gasteiger partial charge in [0.05, 0.1) is 22.9 Å². The first-order valence-electron chi connectivity index (χ1n) is 10.1. The highest BCUT2D eigenvalue weighted by atomic mass is 16.5. The van der Waals surface area contributed by atoms with E-state index in [9.17, 15) is 9.59 Å². The van der Waals surface area contributed by atoms with Crippen LogP contribution in [0.15, 0.2) is 18.2 Å². The van der Waals surface area contributed by atoms with Crippen LogP contribution < -0.4 is 0 Å². The van der Waals surface area contributed by atoms with E-state index < -0.39 is 0 Å². The van der Waals surface area contributed by atoms with E-state index in [1.807, 2.05) is 42.6 Å². The Balaban J connectivity index is 1.55. The van der Waals surface area contributed by atoms with Crippen LogP contribution in [0.4, 0.5) is 0 Å². The maximum atomic E-state index is 13.2. The molecular weight excluding hydrogens is 368 g/mol. The predicted octanol–water partition coefficient (Wildman–Crippen LogP) is 2.44. The molecule has 1 aromatic heterocycles. The molecule has 1 unspecified atom stereocenters. The first kappa shape index (κ1) is 19.6. The van der Waals surface area contributed by atoms with Crippen molar-refractivity contribution in [2.45, 2.75) is 45.9 Å². The number of rotatable bonds is 5. The average molecular weight is 396 g/mol. The molecule has 1 atom stereocenters.